The molecule has 6 heteroatoms. The van der Waals surface area contributed by atoms with Crippen LogP contribution in [0.4, 0.5) is 8.78 Å². The number of carbonyl (C=O) groups is 2. The molecule has 0 spiro atoms. The predicted molar refractivity (Wildman–Crippen MR) is 116 cm³/mol. The summed E-state index contributed by atoms with van der Waals surface area (Å²) in [4.78, 5) is 27.9. The average Bonchev–Trinajstić information content (AvgIpc) is 2.77. The topological polar surface area (TPSA) is 49.4 Å². The maximum atomic E-state index is 13.3. The molecule has 3 rings (SSSR count). The van der Waals surface area contributed by atoms with Crippen LogP contribution < -0.4 is 5.32 Å². The van der Waals surface area contributed by atoms with Crippen LogP contribution in [-0.4, -0.2) is 28.8 Å². The van der Waals surface area contributed by atoms with Gasteiger partial charge in [-0.25, -0.2) is 8.78 Å². The Hall–Kier alpha value is -2.76. The van der Waals surface area contributed by atoms with Crippen LogP contribution in [0.1, 0.15) is 56.6 Å². The molecule has 1 aliphatic carbocycles. The minimum absolute atomic E-state index is 0.0642. The van der Waals surface area contributed by atoms with Crippen LogP contribution in [-0.2, 0) is 22.6 Å². The highest BCUT2D eigenvalue weighted by molar-refractivity contribution is 5.88. The predicted octanol–water partition coefficient (Wildman–Crippen LogP) is 4.76. The molecular weight excluding hydrogens is 398 g/mol. The zero-order valence-electron chi connectivity index (χ0n) is 17.9. The fourth-order valence-electron chi connectivity index (χ4n) is 4.13. The van der Waals surface area contributed by atoms with Crippen LogP contribution in [0.3, 0.4) is 0 Å². The quantitative estimate of drug-likeness (QED) is 0.659. The first-order valence-electron chi connectivity index (χ1n) is 11.0. The molecule has 2 amide bonds. The van der Waals surface area contributed by atoms with E-state index >= 15 is 0 Å². The summed E-state index contributed by atoms with van der Waals surface area (Å²) in [5.41, 5.74) is 1.43. The first-order chi connectivity index (χ1) is 15.0. The molecule has 0 radical (unpaired) electrons. The molecule has 1 aliphatic rings. The molecule has 4 nitrogen and oxygen atoms in total. The minimum Gasteiger partial charge on any atom is -0.352 e. The fraction of sp³-hybridized carbons (Fsp3) is 0.440. The van der Waals surface area contributed by atoms with Gasteiger partial charge in [0, 0.05) is 12.6 Å². The average molecular weight is 429 g/mol. The zero-order chi connectivity index (χ0) is 22.2. The maximum absolute atomic E-state index is 13.3. The summed E-state index contributed by atoms with van der Waals surface area (Å²) in [5, 5.41) is 3.13. The van der Waals surface area contributed by atoms with Gasteiger partial charge in [-0.15, -0.1) is 0 Å². The van der Waals surface area contributed by atoms with E-state index in [1.807, 2.05) is 6.92 Å². The number of carbonyl (C=O) groups excluding carboxylic acids is 2. The van der Waals surface area contributed by atoms with Crippen molar-refractivity contribution in [2.75, 3.05) is 0 Å². The third-order valence-corrected chi connectivity index (χ3v) is 5.87. The van der Waals surface area contributed by atoms with Gasteiger partial charge in [0.15, 0.2) is 0 Å². The van der Waals surface area contributed by atoms with E-state index in [-0.39, 0.29) is 42.5 Å². The van der Waals surface area contributed by atoms with Gasteiger partial charge >= 0.3 is 0 Å². The highest BCUT2D eigenvalue weighted by atomic mass is 19.1. The summed E-state index contributed by atoms with van der Waals surface area (Å²) >= 11 is 0. The van der Waals surface area contributed by atoms with Crippen LogP contribution in [0.25, 0.3) is 0 Å². The Balaban J connectivity index is 1.79. The van der Waals surface area contributed by atoms with Gasteiger partial charge in [-0.05, 0) is 54.7 Å². The lowest BCUT2D eigenvalue weighted by atomic mass is 9.95. The molecule has 0 bridgehead atoms. The maximum Gasteiger partial charge on any atom is 0.243 e. The van der Waals surface area contributed by atoms with Crippen LogP contribution in [0.15, 0.2) is 48.5 Å². The standard InChI is InChI=1S/C25H30F2N2O2/c1-2-23(25(31)28-22-6-4-3-5-7-22)29(17-19-10-14-21(27)15-11-19)24(30)16-18-8-12-20(26)13-9-18/h8-15,22-23H,2-7,16-17H2,1H3,(H,28,31). The Morgan fingerprint density at radius 2 is 1.48 bits per heavy atom. The number of hydrogen-bond acceptors (Lipinski definition) is 2. The summed E-state index contributed by atoms with van der Waals surface area (Å²) in [6.45, 7) is 2.09. The van der Waals surface area contributed by atoms with Crippen LogP contribution >= 0.6 is 0 Å². The molecule has 1 saturated carbocycles. The Labute approximate surface area is 182 Å². The number of rotatable bonds is 8. The van der Waals surface area contributed by atoms with Crippen molar-refractivity contribution in [2.45, 2.75) is 70.5 Å². The van der Waals surface area contributed by atoms with Gasteiger partial charge in [0.2, 0.25) is 11.8 Å². The van der Waals surface area contributed by atoms with Crippen molar-refractivity contribution in [3.8, 4) is 0 Å². The Morgan fingerprint density at radius 3 is 2.03 bits per heavy atom. The molecule has 1 unspecified atom stereocenters. The van der Waals surface area contributed by atoms with Crippen LogP contribution in [0.2, 0.25) is 0 Å². The zero-order valence-corrected chi connectivity index (χ0v) is 17.9. The monoisotopic (exact) mass is 428 g/mol. The lowest BCUT2D eigenvalue weighted by Crippen LogP contribution is -2.51. The SMILES string of the molecule is CCC(C(=O)NC1CCCCC1)N(Cc1ccc(F)cc1)C(=O)Cc1ccc(F)cc1. The second-order valence-corrected chi connectivity index (χ2v) is 8.22. The van der Waals surface area contributed by atoms with Gasteiger partial charge in [0.1, 0.15) is 17.7 Å². The Bertz CT molecular complexity index is 862. The van der Waals surface area contributed by atoms with Crippen molar-refractivity contribution in [1.82, 2.24) is 10.2 Å². The van der Waals surface area contributed by atoms with E-state index in [2.05, 4.69) is 5.32 Å². The summed E-state index contributed by atoms with van der Waals surface area (Å²) in [6, 6.07) is 11.3. The first-order valence-corrected chi connectivity index (χ1v) is 11.0. The smallest absolute Gasteiger partial charge is 0.243 e. The van der Waals surface area contributed by atoms with Crippen molar-refractivity contribution in [1.29, 1.82) is 0 Å². The molecule has 2 aromatic carbocycles. The van der Waals surface area contributed by atoms with E-state index in [9.17, 15) is 18.4 Å². The Morgan fingerprint density at radius 1 is 0.935 bits per heavy atom. The van der Waals surface area contributed by atoms with E-state index in [1.165, 1.54) is 30.7 Å². The molecule has 1 atom stereocenters. The van der Waals surface area contributed by atoms with Gasteiger partial charge in [-0.2, -0.15) is 0 Å². The van der Waals surface area contributed by atoms with Crippen molar-refractivity contribution < 1.29 is 18.4 Å². The van der Waals surface area contributed by atoms with Gasteiger partial charge in [-0.1, -0.05) is 50.5 Å². The second kappa shape index (κ2) is 11.0. The fourth-order valence-corrected chi connectivity index (χ4v) is 4.13. The molecule has 1 N–H and O–H groups in total. The van der Waals surface area contributed by atoms with E-state index in [0.29, 0.717) is 12.0 Å². The van der Waals surface area contributed by atoms with E-state index in [4.69, 9.17) is 0 Å². The second-order valence-electron chi connectivity index (χ2n) is 8.22. The van der Waals surface area contributed by atoms with Gasteiger partial charge in [0.05, 0.1) is 6.42 Å². The number of benzene rings is 2. The van der Waals surface area contributed by atoms with E-state index in [0.717, 1.165) is 31.2 Å². The number of hydrogen-bond donors (Lipinski definition) is 1. The molecule has 166 valence electrons. The molecule has 0 saturated heterocycles. The van der Waals surface area contributed by atoms with Gasteiger partial charge in [-0.3, -0.25) is 9.59 Å². The molecule has 2 aromatic rings. The number of halogens is 2. The molecule has 0 aliphatic heterocycles. The molecule has 0 aromatic heterocycles. The van der Waals surface area contributed by atoms with Crippen molar-refractivity contribution in [3.63, 3.8) is 0 Å². The third kappa shape index (κ3) is 6.61. The van der Waals surface area contributed by atoms with E-state index < -0.39 is 6.04 Å². The van der Waals surface area contributed by atoms with Crippen molar-refractivity contribution >= 4 is 11.8 Å². The summed E-state index contributed by atoms with van der Waals surface area (Å²) in [6.07, 6.45) is 5.85. The lowest BCUT2D eigenvalue weighted by Gasteiger charge is -2.33. The number of nitrogens with one attached hydrogen (secondary N) is 1. The third-order valence-electron chi connectivity index (χ3n) is 5.87. The normalized spacial score (nSPS) is 15.3. The minimum atomic E-state index is -0.625. The highest BCUT2D eigenvalue weighted by Gasteiger charge is 2.30. The summed E-state index contributed by atoms with van der Waals surface area (Å²) in [7, 11) is 0. The summed E-state index contributed by atoms with van der Waals surface area (Å²) < 4.78 is 26.6. The van der Waals surface area contributed by atoms with Crippen molar-refractivity contribution in [3.05, 3.63) is 71.3 Å². The van der Waals surface area contributed by atoms with Gasteiger partial charge in [0.25, 0.3) is 0 Å². The lowest BCUT2D eigenvalue weighted by molar-refractivity contribution is -0.141. The largest absolute Gasteiger partial charge is 0.352 e. The van der Waals surface area contributed by atoms with Crippen molar-refractivity contribution in [2.24, 2.45) is 0 Å². The number of amides is 2. The van der Waals surface area contributed by atoms with Crippen LogP contribution in [0.5, 0.6) is 0 Å². The molecular formula is C25H30F2N2O2. The van der Waals surface area contributed by atoms with Gasteiger partial charge < -0.3 is 10.2 Å². The molecule has 31 heavy (non-hydrogen) atoms. The highest BCUT2D eigenvalue weighted by Crippen LogP contribution is 2.20. The number of nitrogens with zero attached hydrogens (tertiary/aromatic N) is 1. The first kappa shape index (κ1) is 22.9. The van der Waals surface area contributed by atoms with E-state index in [1.54, 1.807) is 29.2 Å². The Kier molecular flexibility index (Phi) is 8.15. The van der Waals surface area contributed by atoms with Crippen LogP contribution in [0, 0.1) is 11.6 Å². The summed E-state index contributed by atoms with van der Waals surface area (Å²) in [5.74, 6) is -1.08. The molecule has 1 fully saturated rings. The molecule has 0 heterocycles.